The largest absolute Gasteiger partial charge is 0.480 e. The number of benzene rings is 1. The molecule has 1 aromatic rings. The second-order valence-corrected chi connectivity index (χ2v) is 5.58. The molecule has 5 nitrogen and oxygen atoms in total. The van der Waals surface area contributed by atoms with Crippen LogP contribution < -0.4 is 5.32 Å². The minimum atomic E-state index is -1.07. The van der Waals surface area contributed by atoms with Gasteiger partial charge in [0, 0.05) is 13.6 Å². The Bertz CT molecular complexity index is 499. The maximum absolute atomic E-state index is 12.1. The van der Waals surface area contributed by atoms with E-state index >= 15 is 0 Å². The lowest BCUT2D eigenvalue weighted by molar-refractivity contribution is -0.144. The van der Waals surface area contributed by atoms with Crippen LogP contribution in [0, 0.1) is 6.92 Å². The van der Waals surface area contributed by atoms with E-state index in [1.165, 1.54) is 5.56 Å². The number of nitrogens with zero attached hydrogens (tertiary/aromatic N) is 1. The van der Waals surface area contributed by atoms with Crippen LogP contribution in [0.25, 0.3) is 0 Å². The summed E-state index contributed by atoms with van der Waals surface area (Å²) in [6.07, 6.45) is 0.414. The van der Waals surface area contributed by atoms with Crippen molar-refractivity contribution in [1.29, 1.82) is 0 Å². The Labute approximate surface area is 126 Å². The van der Waals surface area contributed by atoms with Gasteiger partial charge in [0.15, 0.2) is 0 Å². The van der Waals surface area contributed by atoms with Crippen molar-refractivity contribution < 1.29 is 14.7 Å². The second-order valence-electron chi connectivity index (χ2n) is 5.58. The van der Waals surface area contributed by atoms with Gasteiger partial charge in [0.05, 0.1) is 6.54 Å². The highest BCUT2D eigenvalue weighted by atomic mass is 16.4. The Morgan fingerprint density at radius 2 is 1.86 bits per heavy atom. The summed E-state index contributed by atoms with van der Waals surface area (Å²) < 4.78 is 0. The smallest absolute Gasteiger partial charge is 0.323 e. The first kappa shape index (κ1) is 17.2. The van der Waals surface area contributed by atoms with Crippen molar-refractivity contribution in [2.24, 2.45) is 0 Å². The molecule has 0 aliphatic rings. The van der Waals surface area contributed by atoms with E-state index in [1.807, 2.05) is 31.2 Å². The van der Waals surface area contributed by atoms with Gasteiger partial charge in [-0.25, -0.2) is 0 Å². The maximum atomic E-state index is 12.1. The molecule has 1 aromatic carbocycles. The number of carbonyl (C=O) groups excluding carboxylic acids is 1. The van der Waals surface area contributed by atoms with Crippen LogP contribution in [-0.2, 0) is 16.1 Å². The SMILES string of the molecule is CCC(C)(NCC(=O)N(C)Cc1ccc(C)cc1)C(=O)O. The molecule has 5 heteroatoms. The summed E-state index contributed by atoms with van der Waals surface area (Å²) in [5, 5.41) is 12.0. The van der Waals surface area contributed by atoms with E-state index in [1.54, 1.807) is 25.8 Å². The Balaban J connectivity index is 2.55. The van der Waals surface area contributed by atoms with Crippen molar-refractivity contribution in [1.82, 2.24) is 10.2 Å². The van der Waals surface area contributed by atoms with Crippen LogP contribution in [0.5, 0.6) is 0 Å². The molecule has 0 spiro atoms. The highest BCUT2D eigenvalue weighted by Gasteiger charge is 2.31. The summed E-state index contributed by atoms with van der Waals surface area (Å²) in [5.41, 5.74) is 1.16. The van der Waals surface area contributed by atoms with Crippen LogP contribution >= 0.6 is 0 Å². The number of aliphatic carboxylic acids is 1. The van der Waals surface area contributed by atoms with E-state index in [-0.39, 0.29) is 12.5 Å². The van der Waals surface area contributed by atoms with Crippen LogP contribution in [-0.4, -0.2) is 41.0 Å². The average molecular weight is 292 g/mol. The summed E-state index contributed by atoms with van der Waals surface area (Å²) in [5.74, 6) is -1.07. The van der Waals surface area contributed by atoms with E-state index in [2.05, 4.69) is 5.32 Å². The van der Waals surface area contributed by atoms with Crippen LogP contribution in [0.15, 0.2) is 24.3 Å². The number of hydrogen-bond acceptors (Lipinski definition) is 3. The average Bonchev–Trinajstić information content (AvgIpc) is 2.46. The van der Waals surface area contributed by atoms with Crippen molar-refractivity contribution in [3.63, 3.8) is 0 Å². The number of rotatable bonds is 7. The predicted molar refractivity (Wildman–Crippen MR) is 82.0 cm³/mol. The third kappa shape index (κ3) is 4.86. The molecular formula is C16H24N2O3. The molecule has 0 aliphatic carbocycles. The van der Waals surface area contributed by atoms with Crippen molar-refractivity contribution >= 4 is 11.9 Å². The van der Waals surface area contributed by atoms with Gasteiger partial charge < -0.3 is 10.0 Å². The van der Waals surface area contributed by atoms with Crippen molar-refractivity contribution in [3.05, 3.63) is 35.4 Å². The lowest BCUT2D eigenvalue weighted by Crippen LogP contribution is -2.52. The van der Waals surface area contributed by atoms with Crippen molar-refractivity contribution in [2.75, 3.05) is 13.6 Å². The molecule has 1 amide bonds. The molecular weight excluding hydrogens is 268 g/mol. The molecule has 0 radical (unpaired) electrons. The summed E-state index contributed by atoms with van der Waals surface area (Å²) in [7, 11) is 1.72. The number of carbonyl (C=O) groups is 2. The molecule has 116 valence electrons. The van der Waals surface area contributed by atoms with Gasteiger partial charge in [0.1, 0.15) is 5.54 Å². The first-order valence-electron chi connectivity index (χ1n) is 7.06. The molecule has 0 bridgehead atoms. The number of amides is 1. The quantitative estimate of drug-likeness (QED) is 0.804. The van der Waals surface area contributed by atoms with Crippen LogP contribution in [0.1, 0.15) is 31.4 Å². The number of carboxylic acids is 1. The Kier molecular flexibility index (Phi) is 5.90. The van der Waals surface area contributed by atoms with E-state index < -0.39 is 11.5 Å². The summed E-state index contributed by atoms with van der Waals surface area (Å²) in [6.45, 7) is 5.90. The minimum Gasteiger partial charge on any atom is -0.480 e. The van der Waals surface area contributed by atoms with Gasteiger partial charge in [-0.05, 0) is 25.8 Å². The number of nitrogens with one attached hydrogen (secondary N) is 1. The van der Waals surface area contributed by atoms with Gasteiger partial charge >= 0.3 is 5.97 Å². The molecule has 21 heavy (non-hydrogen) atoms. The number of likely N-dealkylation sites (N-methyl/N-ethyl adjacent to an activating group) is 1. The van der Waals surface area contributed by atoms with Crippen molar-refractivity contribution in [2.45, 2.75) is 39.3 Å². The van der Waals surface area contributed by atoms with E-state index in [9.17, 15) is 9.59 Å². The molecule has 0 aliphatic heterocycles. The van der Waals surface area contributed by atoms with Crippen molar-refractivity contribution in [3.8, 4) is 0 Å². The van der Waals surface area contributed by atoms with Gasteiger partial charge in [-0.1, -0.05) is 36.8 Å². The summed E-state index contributed by atoms with van der Waals surface area (Å²) in [4.78, 5) is 24.8. The zero-order valence-corrected chi connectivity index (χ0v) is 13.1. The fraction of sp³-hybridized carbons (Fsp3) is 0.500. The van der Waals surface area contributed by atoms with Gasteiger partial charge in [-0.3, -0.25) is 14.9 Å². The third-order valence-corrected chi connectivity index (χ3v) is 3.78. The van der Waals surface area contributed by atoms with Crippen LogP contribution in [0.4, 0.5) is 0 Å². The lowest BCUT2D eigenvalue weighted by atomic mass is 9.99. The standard InChI is InChI=1S/C16H24N2O3/c1-5-16(3,15(20)21)17-10-14(19)18(4)11-13-8-6-12(2)7-9-13/h6-9,17H,5,10-11H2,1-4H3,(H,20,21). The minimum absolute atomic E-state index is 0.0129. The van der Waals surface area contributed by atoms with Crippen LogP contribution in [0.3, 0.4) is 0 Å². The molecule has 1 unspecified atom stereocenters. The monoisotopic (exact) mass is 292 g/mol. The molecule has 0 heterocycles. The maximum Gasteiger partial charge on any atom is 0.323 e. The first-order chi connectivity index (χ1) is 9.78. The normalized spacial score (nSPS) is 13.5. The fourth-order valence-electron chi connectivity index (χ4n) is 1.81. The van der Waals surface area contributed by atoms with E-state index in [0.717, 1.165) is 5.56 Å². The van der Waals surface area contributed by atoms with Gasteiger partial charge in [-0.15, -0.1) is 0 Å². The lowest BCUT2D eigenvalue weighted by Gasteiger charge is -2.26. The molecule has 1 atom stereocenters. The number of aryl methyl sites for hydroxylation is 1. The van der Waals surface area contributed by atoms with E-state index in [4.69, 9.17) is 5.11 Å². The molecule has 1 rings (SSSR count). The molecule has 0 saturated carbocycles. The molecule has 0 fully saturated rings. The zero-order chi connectivity index (χ0) is 16.0. The molecule has 0 aromatic heterocycles. The highest BCUT2D eigenvalue weighted by Crippen LogP contribution is 2.09. The van der Waals surface area contributed by atoms with Gasteiger partial charge in [0.2, 0.25) is 5.91 Å². The van der Waals surface area contributed by atoms with Gasteiger partial charge in [0.25, 0.3) is 0 Å². The van der Waals surface area contributed by atoms with Gasteiger partial charge in [-0.2, -0.15) is 0 Å². The second kappa shape index (κ2) is 7.22. The summed E-state index contributed by atoms with van der Waals surface area (Å²) in [6, 6.07) is 7.98. The Morgan fingerprint density at radius 1 is 1.29 bits per heavy atom. The highest BCUT2D eigenvalue weighted by molar-refractivity contribution is 5.81. The summed E-state index contributed by atoms with van der Waals surface area (Å²) >= 11 is 0. The predicted octanol–water partition coefficient (Wildman–Crippen LogP) is 1.80. The third-order valence-electron chi connectivity index (χ3n) is 3.78. The Morgan fingerprint density at radius 3 is 2.33 bits per heavy atom. The molecule has 2 N–H and O–H groups in total. The van der Waals surface area contributed by atoms with E-state index in [0.29, 0.717) is 13.0 Å². The fourth-order valence-corrected chi connectivity index (χ4v) is 1.81. The molecule has 0 saturated heterocycles. The first-order valence-corrected chi connectivity index (χ1v) is 7.06. The number of carboxylic acid groups (broad SMARTS) is 1. The topological polar surface area (TPSA) is 69.6 Å². The van der Waals surface area contributed by atoms with Crippen LogP contribution in [0.2, 0.25) is 0 Å². The zero-order valence-electron chi connectivity index (χ0n) is 13.1. The Hall–Kier alpha value is -1.88. The number of hydrogen-bond donors (Lipinski definition) is 2.